The molecule has 3 rings (SSSR count). The quantitative estimate of drug-likeness (QED) is 0.755. The van der Waals surface area contributed by atoms with Crippen LogP contribution < -0.4 is 0 Å². The maximum atomic E-state index is 14.3. The topological polar surface area (TPSA) is 52.6 Å². The normalized spacial score (nSPS) is 15.5. The third kappa shape index (κ3) is 3.47. The van der Waals surface area contributed by atoms with Gasteiger partial charge in [-0.05, 0) is 36.6 Å². The summed E-state index contributed by atoms with van der Waals surface area (Å²) >= 11 is 0. The molecule has 26 heavy (non-hydrogen) atoms. The highest BCUT2D eigenvalue weighted by Gasteiger charge is 2.45. The molecule has 0 saturated heterocycles. The second kappa shape index (κ2) is 7.68. The first kappa shape index (κ1) is 18.1. The van der Waals surface area contributed by atoms with Gasteiger partial charge in [-0.2, -0.15) is 0 Å². The summed E-state index contributed by atoms with van der Waals surface area (Å²) in [5.74, 6) is -1.18. The van der Waals surface area contributed by atoms with Crippen LogP contribution in [0.15, 0.2) is 48.5 Å². The predicted molar refractivity (Wildman–Crippen MR) is 94.1 cm³/mol. The average Bonchev–Trinajstić information content (AvgIpc) is 3.17. The van der Waals surface area contributed by atoms with Crippen LogP contribution in [0.2, 0.25) is 0 Å². The van der Waals surface area contributed by atoms with Crippen LogP contribution in [0.4, 0.5) is 4.39 Å². The second-order valence-corrected chi connectivity index (χ2v) is 6.53. The van der Waals surface area contributed by atoms with Crippen molar-refractivity contribution in [3.05, 3.63) is 71.0 Å². The van der Waals surface area contributed by atoms with Gasteiger partial charge < -0.3 is 9.47 Å². The van der Waals surface area contributed by atoms with E-state index in [4.69, 9.17) is 4.74 Å². The zero-order valence-electron chi connectivity index (χ0n) is 14.7. The molecule has 0 atom stereocenters. The molecule has 1 aliphatic rings. The van der Waals surface area contributed by atoms with Gasteiger partial charge in [-0.3, -0.25) is 4.79 Å². The number of hydrogen-bond donors (Lipinski definition) is 0. The van der Waals surface area contributed by atoms with Crippen LogP contribution in [-0.4, -0.2) is 19.0 Å². The molecule has 2 aromatic rings. The highest BCUT2D eigenvalue weighted by Crippen LogP contribution is 2.43. The third-order valence-corrected chi connectivity index (χ3v) is 4.98. The second-order valence-electron chi connectivity index (χ2n) is 6.53. The van der Waals surface area contributed by atoms with Gasteiger partial charge in [0.2, 0.25) is 0 Å². The van der Waals surface area contributed by atoms with E-state index in [-0.39, 0.29) is 12.4 Å². The molecule has 4 nitrogen and oxygen atoms in total. The number of benzene rings is 2. The van der Waals surface area contributed by atoms with Crippen molar-refractivity contribution < 1.29 is 23.5 Å². The zero-order valence-corrected chi connectivity index (χ0v) is 14.7. The number of carbonyl (C=O) groups is 2. The van der Waals surface area contributed by atoms with E-state index in [9.17, 15) is 14.0 Å². The molecule has 1 saturated carbocycles. The predicted octanol–water partition coefficient (Wildman–Crippen LogP) is 4.17. The Morgan fingerprint density at radius 3 is 2.31 bits per heavy atom. The molecular weight excluding hydrogens is 335 g/mol. The SMILES string of the molecule is COC(=O)c1ccc(COC(=O)C2(c3ccccc3F)CCCC2)cc1. The summed E-state index contributed by atoms with van der Waals surface area (Å²) in [5.41, 5.74) is 0.703. The van der Waals surface area contributed by atoms with Gasteiger partial charge >= 0.3 is 11.9 Å². The van der Waals surface area contributed by atoms with E-state index in [2.05, 4.69) is 4.74 Å². The van der Waals surface area contributed by atoms with Gasteiger partial charge in [0.1, 0.15) is 12.4 Å². The Morgan fingerprint density at radius 2 is 1.69 bits per heavy atom. The number of methoxy groups -OCH3 is 1. The van der Waals surface area contributed by atoms with Crippen LogP contribution >= 0.6 is 0 Å². The fraction of sp³-hybridized carbons (Fsp3) is 0.333. The standard InChI is InChI=1S/C21H21FO4/c1-25-19(23)16-10-8-15(9-11-16)14-26-20(24)21(12-4-5-13-21)17-6-2-3-7-18(17)22/h2-3,6-11H,4-5,12-14H2,1H3. The monoisotopic (exact) mass is 356 g/mol. The lowest BCUT2D eigenvalue weighted by atomic mass is 9.78. The molecule has 1 aliphatic carbocycles. The number of hydrogen-bond acceptors (Lipinski definition) is 4. The van der Waals surface area contributed by atoms with E-state index < -0.39 is 17.4 Å². The fourth-order valence-electron chi connectivity index (χ4n) is 3.55. The number of halogens is 1. The molecule has 0 spiro atoms. The molecule has 5 heteroatoms. The molecule has 0 aliphatic heterocycles. The van der Waals surface area contributed by atoms with Crippen molar-refractivity contribution in [3.8, 4) is 0 Å². The van der Waals surface area contributed by atoms with Gasteiger partial charge in [0.05, 0.1) is 18.1 Å². The minimum atomic E-state index is -0.905. The Hall–Kier alpha value is -2.69. The van der Waals surface area contributed by atoms with E-state index in [0.29, 0.717) is 24.0 Å². The summed E-state index contributed by atoms with van der Waals surface area (Å²) in [6.45, 7) is 0.0798. The molecule has 2 aromatic carbocycles. The van der Waals surface area contributed by atoms with Gasteiger partial charge in [-0.25, -0.2) is 9.18 Å². The average molecular weight is 356 g/mol. The molecule has 1 fully saturated rings. The maximum absolute atomic E-state index is 14.3. The van der Waals surface area contributed by atoms with E-state index in [0.717, 1.165) is 18.4 Å². The largest absolute Gasteiger partial charge is 0.465 e. The molecular formula is C21H21FO4. The molecule has 0 amide bonds. The Morgan fingerprint density at radius 1 is 1.04 bits per heavy atom. The zero-order chi connectivity index (χ0) is 18.6. The summed E-state index contributed by atoms with van der Waals surface area (Å²) in [5, 5.41) is 0. The first-order valence-corrected chi connectivity index (χ1v) is 8.66. The Bertz CT molecular complexity index is 792. The lowest BCUT2D eigenvalue weighted by molar-refractivity contribution is -0.152. The van der Waals surface area contributed by atoms with Gasteiger partial charge in [0, 0.05) is 5.56 Å². The number of rotatable bonds is 5. The molecule has 0 bridgehead atoms. The van der Waals surface area contributed by atoms with Crippen molar-refractivity contribution in [2.24, 2.45) is 0 Å². The Labute approximate surface area is 151 Å². The summed E-state index contributed by atoms with van der Waals surface area (Å²) in [7, 11) is 1.32. The van der Waals surface area contributed by atoms with Gasteiger partial charge in [-0.15, -0.1) is 0 Å². The third-order valence-electron chi connectivity index (χ3n) is 4.98. The van der Waals surface area contributed by atoms with Crippen molar-refractivity contribution >= 4 is 11.9 Å². The van der Waals surface area contributed by atoms with Crippen LogP contribution in [0.25, 0.3) is 0 Å². The van der Waals surface area contributed by atoms with E-state index in [1.807, 2.05) is 0 Å². The van der Waals surface area contributed by atoms with Crippen molar-refractivity contribution in [1.29, 1.82) is 0 Å². The highest BCUT2D eigenvalue weighted by atomic mass is 19.1. The number of esters is 2. The Kier molecular flexibility index (Phi) is 5.35. The first-order valence-electron chi connectivity index (χ1n) is 8.66. The lowest BCUT2D eigenvalue weighted by Crippen LogP contribution is -2.35. The minimum absolute atomic E-state index is 0.0798. The minimum Gasteiger partial charge on any atom is -0.465 e. The summed E-state index contributed by atoms with van der Waals surface area (Å²) in [6, 6.07) is 13.1. The van der Waals surface area contributed by atoms with E-state index >= 15 is 0 Å². The molecule has 0 radical (unpaired) electrons. The van der Waals surface area contributed by atoms with E-state index in [1.54, 1.807) is 42.5 Å². The van der Waals surface area contributed by atoms with Crippen LogP contribution in [-0.2, 0) is 26.3 Å². The summed E-state index contributed by atoms with van der Waals surface area (Å²) < 4.78 is 24.5. The molecule has 0 unspecified atom stereocenters. The lowest BCUT2D eigenvalue weighted by Gasteiger charge is -2.27. The molecule has 136 valence electrons. The first-order chi connectivity index (χ1) is 12.6. The van der Waals surface area contributed by atoms with Crippen LogP contribution in [0, 0.1) is 5.82 Å². The van der Waals surface area contributed by atoms with Gasteiger partial charge in [0.15, 0.2) is 0 Å². The van der Waals surface area contributed by atoms with Crippen molar-refractivity contribution in [2.75, 3.05) is 7.11 Å². The van der Waals surface area contributed by atoms with Crippen LogP contribution in [0.1, 0.15) is 47.2 Å². The number of ether oxygens (including phenoxy) is 2. The fourth-order valence-corrected chi connectivity index (χ4v) is 3.55. The highest BCUT2D eigenvalue weighted by molar-refractivity contribution is 5.89. The summed E-state index contributed by atoms with van der Waals surface area (Å²) in [4.78, 5) is 24.3. The molecule has 0 heterocycles. The molecule has 0 N–H and O–H groups in total. The van der Waals surface area contributed by atoms with Crippen LogP contribution in [0.3, 0.4) is 0 Å². The van der Waals surface area contributed by atoms with Crippen molar-refractivity contribution in [3.63, 3.8) is 0 Å². The van der Waals surface area contributed by atoms with Gasteiger partial charge in [0.25, 0.3) is 0 Å². The summed E-state index contributed by atoms with van der Waals surface area (Å²) in [6.07, 6.45) is 2.93. The molecule has 0 aromatic heterocycles. The maximum Gasteiger partial charge on any atom is 0.337 e. The van der Waals surface area contributed by atoms with Crippen molar-refractivity contribution in [2.45, 2.75) is 37.7 Å². The number of carbonyl (C=O) groups excluding carboxylic acids is 2. The van der Waals surface area contributed by atoms with Crippen molar-refractivity contribution in [1.82, 2.24) is 0 Å². The smallest absolute Gasteiger partial charge is 0.337 e. The Balaban J connectivity index is 1.73. The van der Waals surface area contributed by atoms with Gasteiger partial charge in [-0.1, -0.05) is 43.2 Å². The van der Waals surface area contributed by atoms with Crippen LogP contribution in [0.5, 0.6) is 0 Å². The van der Waals surface area contributed by atoms with E-state index in [1.165, 1.54) is 13.2 Å².